The summed E-state index contributed by atoms with van der Waals surface area (Å²) in [5.41, 5.74) is 7.03. The summed E-state index contributed by atoms with van der Waals surface area (Å²) in [6.07, 6.45) is 4.15. The molecule has 0 atom stereocenters. The van der Waals surface area contributed by atoms with Gasteiger partial charge in [-0.3, -0.25) is 4.99 Å². The largest absolute Gasteiger partial charge is 0.494 e. The van der Waals surface area contributed by atoms with Crippen LogP contribution in [0, 0.1) is 12.8 Å². The Morgan fingerprint density at radius 1 is 1.00 bits per heavy atom. The molecule has 0 bridgehead atoms. The van der Waals surface area contributed by atoms with Crippen LogP contribution in [-0.4, -0.2) is 36.5 Å². The standard InChI is InChI=1S/C29H30N2O3/c1-19-16-26(29(32)33)25-18-27(31-28(25)17-19)23-4-2-21(3-5-23)22-6-8-24(9-7-22)34-15-12-20-10-13-30-14-11-20/h2-9,16-17,20,30H,10-15,18H2,1H3,(H,32,33). The minimum absolute atomic E-state index is 0.350. The topological polar surface area (TPSA) is 70.9 Å². The molecule has 5 nitrogen and oxygen atoms in total. The summed E-state index contributed by atoms with van der Waals surface area (Å²) in [5.74, 6) is 0.790. The number of carboxylic acids is 1. The molecule has 0 aromatic heterocycles. The Morgan fingerprint density at radius 2 is 1.65 bits per heavy atom. The van der Waals surface area contributed by atoms with Gasteiger partial charge in [-0.25, -0.2) is 4.79 Å². The number of rotatable bonds is 7. The van der Waals surface area contributed by atoms with E-state index in [0.29, 0.717) is 12.0 Å². The smallest absolute Gasteiger partial charge is 0.336 e. The third-order valence-corrected chi connectivity index (χ3v) is 6.86. The molecular formula is C29H30N2O3. The van der Waals surface area contributed by atoms with E-state index in [9.17, 15) is 9.90 Å². The van der Waals surface area contributed by atoms with Crippen LogP contribution in [-0.2, 0) is 6.42 Å². The van der Waals surface area contributed by atoms with Crippen molar-refractivity contribution in [1.82, 2.24) is 5.32 Å². The van der Waals surface area contributed by atoms with Crippen LogP contribution in [0.3, 0.4) is 0 Å². The Bertz CT molecular complexity index is 1210. The van der Waals surface area contributed by atoms with E-state index in [4.69, 9.17) is 9.73 Å². The van der Waals surface area contributed by atoms with Gasteiger partial charge in [-0.2, -0.15) is 0 Å². The van der Waals surface area contributed by atoms with Crippen molar-refractivity contribution >= 4 is 17.4 Å². The Labute approximate surface area is 200 Å². The molecule has 0 amide bonds. The van der Waals surface area contributed by atoms with Crippen LogP contribution in [0.2, 0.25) is 0 Å². The molecule has 0 spiro atoms. The molecule has 2 N–H and O–H groups in total. The monoisotopic (exact) mass is 454 g/mol. The second-order valence-corrected chi connectivity index (χ2v) is 9.28. The number of carbonyl (C=O) groups is 1. The van der Waals surface area contributed by atoms with Crippen LogP contribution in [0.25, 0.3) is 11.1 Å². The number of ether oxygens (including phenoxy) is 1. The molecule has 2 aliphatic rings. The second-order valence-electron chi connectivity index (χ2n) is 9.28. The third-order valence-electron chi connectivity index (χ3n) is 6.86. The number of nitrogens with one attached hydrogen (secondary N) is 1. The first-order chi connectivity index (χ1) is 16.6. The van der Waals surface area contributed by atoms with Crippen molar-refractivity contribution < 1.29 is 14.6 Å². The number of piperidine rings is 1. The predicted molar refractivity (Wildman–Crippen MR) is 136 cm³/mol. The minimum Gasteiger partial charge on any atom is -0.494 e. The normalized spacial score (nSPS) is 15.6. The van der Waals surface area contributed by atoms with E-state index in [1.54, 1.807) is 6.07 Å². The maximum absolute atomic E-state index is 11.7. The molecule has 34 heavy (non-hydrogen) atoms. The fourth-order valence-electron chi connectivity index (χ4n) is 4.91. The van der Waals surface area contributed by atoms with Crippen molar-refractivity contribution in [2.75, 3.05) is 19.7 Å². The summed E-state index contributed by atoms with van der Waals surface area (Å²) >= 11 is 0. The first-order valence-electron chi connectivity index (χ1n) is 12.1. The summed E-state index contributed by atoms with van der Waals surface area (Å²) in [7, 11) is 0. The zero-order valence-corrected chi connectivity index (χ0v) is 19.5. The fourth-order valence-corrected chi connectivity index (χ4v) is 4.91. The molecule has 0 aliphatic carbocycles. The van der Waals surface area contributed by atoms with Gasteiger partial charge < -0.3 is 15.2 Å². The number of benzene rings is 3. The van der Waals surface area contributed by atoms with Gasteiger partial charge >= 0.3 is 5.97 Å². The zero-order chi connectivity index (χ0) is 23.5. The van der Waals surface area contributed by atoms with Crippen molar-refractivity contribution in [1.29, 1.82) is 0 Å². The summed E-state index contributed by atoms with van der Waals surface area (Å²) in [4.78, 5) is 16.4. The molecule has 3 aromatic rings. The van der Waals surface area contributed by atoms with Crippen LogP contribution >= 0.6 is 0 Å². The number of nitrogens with zero attached hydrogens (tertiary/aromatic N) is 1. The lowest BCUT2D eigenvalue weighted by atomic mass is 9.95. The Hall–Kier alpha value is -3.44. The highest BCUT2D eigenvalue weighted by molar-refractivity contribution is 6.09. The molecule has 174 valence electrons. The van der Waals surface area contributed by atoms with Crippen molar-refractivity contribution in [3.05, 3.63) is 82.9 Å². The first kappa shape index (κ1) is 22.4. The van der Waals surface area contributed by atoms with Crippen LogP contribution < -0.4 is 10.1 Å². The molecule has 2 aliphatic heterocycles. The first-order valence-corrected chi connectivity index (χ1v) is 12.1. The van der Waals surface area contributed by atoms with Gasteiger partial charge in [0.15, 0.2) is 0 Å². The third kappa shape index (κ3) is 4.90. The van der Waals surface area contributed by atoms with Crippen LogP contribution in [0.5, 0.6) is 5.75 Å². The number of fused-ring (bicyclic) bond motifs is 1. The summed E-state index contributed by atoms with van der Waals surface area (Å²) in [5, 5.41) is 13.0. The van der Waals surface area contributed by atoms with E-state index in [1.165, 1.54) is 12.8 Å². The molecule has 1 fully saturated rings. The summed E-state index contributed by atoms with van der Waals surface area (Å²) < 4.78 is 5.97. The van der Waals surface area contributed by atoms with Gasteiger partial charge in [-0.15, -0.1) is 0 Å². The highest BCUT2D eigenvalue weighted by Gasteiger charge is 2.23. The highest BCUT2D eigenvalue weighted by atomic mass is 16.5. The maximum atomic E-state index is 11.7. The van der Waals surface area contributed by atoms with Crippen molar-refractivity contribution in [2.45, 2.75) is 32.6 Å². The number of carboxylic acid groups (broad SMARTS) is 1. The highest BCUT2D eigenvalue weighted by Crippen LogP contribution is 2.33. The van der Waals surface area contributed by atoms with Crippen molar-refractivity contribution in [3.63, 3.8) is 0 Å². The van der Waals surface area contributed by atoms with E-state index in [2.05, 4.69) is 41.7 Å². The lowest BCUT2D eigenvalue weighted by Gasteiger charge is -2.22. The summed E-state index contributed by atoms with van der Waals surface area (Å²) in [6, 6.07) is 20.3. The minimum atomic E-state index is -0.898. The average Bonchev–Trinajstić information content (AvgIpc) is 3.28. The van der Waals surface area contributed by atoms with Gasteiger partial charge in [0.1, 0.15) is 5.75 Å². The number of aromatic carboxylic acids is 1. The second kappa shape index (κ2) is 9.82. The Morgan fingerprint density at radius 3 is 2.32 bits per heavy atom. The lowest BCUT2D eigenvalue weighted by Crippen LogP contribution is -2.28. The number of aliphatic imine (C=N–C) groups is 1. The van der Waals surface area contributed by atoms with E-state index in [0.717, 1.165) is 77.0 Å². The van der Waals surface area contributed by atoms with Crippen LogP contribution in [0.4, 0.5) is 5.69 Å². The lowest BCUT2D eigenvalue weighted by molar-refractivity contribution is 0.0696. The van der Waals surface area contributed by atoms with Crippen LogP contribution in [0.15, 0.2) is 65.7 Å². The van der Waals surface area contributed by atoms with Crippen LogP contribution in [0.1, 0.15) is 46.3 Å². The predicted octanol–water partition coefficient (Wildman–Crippen LogP) is 5.81. The number of hydrogen-bond acceptors (Lipinski definition) is 4. The maximum Gasteiger partial charge on any atom is 0.336 e. The van der Waals surface area contributed by atoms with Crippen molar-refractivity contribution in [3.8, 4) is 16.9 Å². The molecule has 0 radical (unpaired) electrons. The van der Waals surface area contributed by atoms with Crippen molar-refractivity contribution in [2.24, 2.45) is 10.9 Å². The molecule has 5 rings (SSSR count). The molecule has 1 saturated heterocycles. The van der Waals surface area contributed by atoms with Gasteiger partial charge in [0.2, 0.25) is 0 Å². The number of hydrogen-bond donors (Lipinski definition) is 2. The van der Waals surface area contributed by atoms with Gasteiger partial charge in [0.25, 0.3) is 0 Å². The van der Waals surface area contributed by atoms with E-state index < -0.39 is 5.97 Å². The SMILES string of the molecule is Cc1cc2c(c(C(=O)O)c1)CC(c1ccc(-c3ccc(OCCC4CCNCC4)cc3)cc1)=N2. The molecular weight excluding hydrogens is 424 g/mol. The van der Waals surface area contributed by atoms with Gasteiger partial charge in [-0.1, -0.05) is 36.4 Å². The van der Waals surface area contributed by atoms with Gasteiger partial charge in [0, 0.05) is 6.42 Å². The molecule has 2 heterocycles. The van der Waals surface area contributed by atoms with Gasteiger partial charge in [0.05, 0.1) is 23.6 Å². The molecule has 0 unspecified atom stereocenters. The number of aryl methyl sites for hydroxylation is 1. The molecule has 0 saturated carbocycles. The van der Waals surface area contributed by atoms with E-state index in [1.807, 2.05) is 25.1 Å². The Balaban J connectivity index is 1.22. The Kier molecular flexibility index (Phi) is 6.45. The van der Waals surface area contributed by atoms with E-state index >= 15 is 0 Å². The van der Waals surface area contributed by atoms with E-state index in [-0.39, 0.29) is 0 Å². The fraction of sp³-hybridized carbons (Fsp3) is 0.310. The quantitative estimate of drug-likeness (QED) is 0.473. The molecule has 3 aromatic carbocycles. The zero-order valence-electron chi connectivity index (χ0n) is 19.5. The summed E-state index contributed by atoms with van der Waals surface area (Å²) in [6.45, 7) is 4.93. The average molecular weight is 455 g/mol. The van der Waals surface area contributed by atoms with Gasteiger partial charge in [-0.05, 0) is 97.3 Å². The molecule has 5 heteroatoms.